The van der Waals surface area contributed by atoms with Crippen LogP contribution >= 0.6 is 11.8 Å². The molecule has 0 aliphatic carbocycles. The number of nitrogens with zero attached hydrogens (tertiary/aromatic N) is 2. The Morgan fingerprint density at radius 2 is 1.92 bits per heavy atom. The number of amides is 1. The summed E-state index contributed by atoms with van der Waals surface area (Å²) in [6.07, 6.45) is 2.08. The number of carbonyl (C=O) groups is 1. The molecule has 3 aromatic carbocycles. The van der Waals surface area contributed by atoms with Crippen LogP contribution in [0, 0.1) is 5.82 Å². The second kappa shape index (κ2) is 11.1. The Bertz CT molecular complexity index is 1430. The van der Waals surface area contributed by atoms with E-state index in [1.807, 2.05) is 36.4 Å². The lowest BCUT2D eigenvalue weighted by Gasteiger charge is -2.14. The number of aromatic nitrogens is 2. The van der Waals surface area contributed by atoms with Crippen molar-refractivity contribution in [2.45, 2.75) is 36.4 Å². The number of thioether (sulfide) groups is 1. The molecule has 1 atom stereocenters. The highest BCUT2D eigenvalue weighted by molar-refractivity contribution is 7.98. The van der Waals surface area contributed by atoms with E-state index in [2.05, 4.69) is 5.32 Å². The first kappa shape index (κ1) is 24.2. The summed E-state index contributed by atoms with van der Waals surface area (Å²) in [4.78, 5) is 30.6. The number of benzene rings is 3. The van der Waals surface area contributed by atoms with Gasteiger partial charge < -0.3 is 10.1 Å². The standard InChI is InChI=1S/C28H26FN3O3S/c29-22-6-3-5-20(15-22)18-36-28-31-25-9-2-1-8-24(25)27(34)32(28)17-19-10-12-21(13-11-19)26(33)30-16-23-7-4-14-35-23/h1-3,5-6,8-13,15,23H,4,7,14,16-18H2,(H,30,33)/t23-/m1/s1. The lowest BCUT2D eigenvalue weighted by atomic mass is 10.1. The molecular formula is C28H26FN3O3S. The molecule has 4 aromatic rings. The summed E-state index contributed by atoms with van der Waals surface area (Å²) in [5.41, 5.74) is 2.73. The van der Waals surface area contributed by atoms with Gasteiger partial charge in [0.25, 0.3) is 11.5 Å². The summed E-state index contributed by atoms with van der Waals surface area (Å²) in [6.45, 7) is 1.56. The molecule has 0 unspecified atom stereocenters. The predicted molar refractivity (Wildman–Crippen MR) is 139 cm³/mol. The highest BCUT2D eigenvalue weighted by Gasteiger charge is 2.17. The van der Waals surface area contributed by atoms with Gasteiger partial charge in [-0.05, 0) is 60.4 Å². The molecule has 0 radical (unpaired) electrons. The van der Waals surface area contributed by atoms with Gasteiger partial charge >= 0.3 is 0 Å². The van der Waals surface area contributed by atoms with Crippen LogP contribution in [0.4, 0.5) is 4.39 Å². The summed E-state index contributed by atoms with van der Waals surface area (Å²) in [7, 11) is 0. The van der Waals surface area contributed by atoms with Gasteiger partial charge in [0.1, 0.15) is 5.82 Å². The normalized spacial score (nSPS) is 15.3. The fraction of sp³-hybridized carbons (Fsp3) is 0.250. The topological polar surface area (TPSA) is 73.2 Å². The quantitative estimate of drug-likeness (QED) is 0.277. The van der Waals surface area contributed by atoms with Crippen molar-refractivity contribution >= 4 is 28.6 Å². The summed E-state index contributed by atoms with van der Waals surface area (Å²) < 4.78 is 20.8. The van der Waals surface area contributed by atoms with Crippen LogP contribution < -0.4 is 10.9 Å². The lowest BCUT2D eigenvalue weighted by Crippen LogP contribution is -2.31. The summed E-state index contributed by atoms with van der Waals surface area (Å²) in [5, 5.41) is 4.02. The summed E-state index contributed by atoms with van der Waals surface area (Å²) in [5.74, 6) is 0.0385. The van der Waals surface area contributed by atoms with Gasteiger partial charge in [0.15, 0.2) is 5.16 Å². The highest BCUT2D eigenvalue weighted by atomic mass is 32.2. The van der Waals surface area contributed by atoms with Crippen LogP contribution in [-0.2, 0) is 17.0 Å². The van der Waals surface area contributed by atoms with Gasteiger partial charge in [-0.2, -0.15) is 0 Å². The van der Waals surface area contributed by atoms with E-state index in [1.54, 1.807) is 28.8 Å². The van der Waals surface area contributed by atoms with Crippen LogP contribution in [-0.4, -0.2) is 34.7 Å². The third-order valence-electron chi connectivity index (χ3n) is 6.15. The number of ether oxygens (including phenoxy) is 1. The summed E-state index contributed by atoms with van der Waals surface area (Å²) in [6, 6.07) is 20.9. The van der Waals surface area contributed by atoms with Crippen molar-refractivity contribution < 1.29 is 13.9 Å². The zero-order chi connectivity index (χ0) is 24.9. The molecule has 0 bridgehead atoms. The van der Waals surface area contributed by atoms with Gasteiger partial charge in [-0.1, -0.05) is 48.2 Å². The first-order chi connectivity index (χ1) is 17.6. The molecule has 2 heterocycles. The van der Waals surface area contributed by atoms with E-state index < -0.39 is 0 Å². The monoisotopic (exact) mass is 503 g/mol. The Morgan fingerprint density at radius 1 is 1.08 bits per heavy atom. The predicted octanol–water partition coefficient (Wildman–Crippen LogP) is 4.79. The van der Waals surface area contributed by atoms with E-state index >= 15 is 0 Å². The van der Waals surface area contributed by atoms with E-state index in [9.17, 15) is 14.0 Å². The van der Waals surface area contributed by atoms with Gasteiger partial charge in [0.2, 0.25) is 0 Å². The molecule has 0 spiro atoms. The van der Waals surface area contributed by atoms with Gasteiger partial charge in [-0.25, -0.2) is 9.37 Å². The van der Waals surface area contributed by atoms with Gasteiger partial charge in [0.05, 0.1) is 23.6 Å². The fourth-order valence-corrected chi connectivity index (χ4v) is 5.17. The Morgan fingerprint density at radius 3 is 2.69 bits per heavy atom. The minimum atomic E-state index is -0.295. The van der Waals surface area contributed by atoms with E-state index in [4.69, 9.17) is 9.72 Å². The van der Waals surface area contributed by atoms with Crippen molar-refractivity contribution in [3.63, 3.8) is 0 Å². The number of nitrogens with one attached hydrogen (secondary N) is 1. The molecule has 5 rings (SSSR count). The Balaban J connectivity index is 1.36. The second-order valence-electron chi connectivity index (χ2n) is 8.76. The van der Waals surface area contributed by atoms with Crippen LogP contribution in [0.25, 0.3) is 10.9 Å². The lowest BCUT2D eigenvalue weighted by molar-refractivity contribution is 0.0858. The first-order valence-electron chi connectivity index (χ1n) is 11.9. The number of rotatable bonds is 8. The van der Waals surface area contributed by atoms with Crippen LogP contribution in [0.15, 0.2) is 82.7 Å². The molecule has 1 aliphatic heterocycles. The van der Waals surface area contributed by atoms with Crippen molar-refractivity contribution in [3.8, 4) is 0 Å². The molecule has 184 valence electrons. The molecule has 1 saturated heterocycles. The molecule has 0 saturated carbocycles. The van der Waals surface area contributed by atoms with Crippen molar-refractivity contribution in [1.29, 1.82) is 0 Å². The van der Waals surface area contributed by atoms with Crippen LogP contribution in [0.1, 0.15) is 34.3 Å². The number of hydrogen-bond acceptors (Lipinski definition) is 5. The molecule has 36 heavy (non-hydrogen) atoms. The molecule has 8 heteroatoms. The average Bonchev–Trinajstić information content (AvgIpc) is 3.42. The zero-order valence-electron chi connectivity index (χ0n) is 19.7. The molecule has 1 aromatic heterocycles. The third-order valence-corrected chi connectivity index (χ3v) is 7.20. The Kier molecular flexibility index (Phi) is 7.44. The Hall–Kier alpha value is -3.49. The van der Waals surface area contributed by atoms with E-state index in [-0.39, 0.29) is 23.4 Å². The minimum Gasteiger partial charge on any atom is -0.376 e. The van der Waals surface area contributed by atoms with Crippen LogP contribution in [0.3, 0.4) is 0 Å². The molecule has 1 aliphatic rings. The van der Waals surface area contributed by atoms with E-state index in [0.717, 1.165) is 30.6 Å². The number of halogens is 1. The zero-order valence-corrected chi connectivity index (χ0v) is 20.5. The highest BCUT2D eigenvalue weighted by Crippen LogP contribution is 2.23. The molecule has 1 N–H and O–H groups in total. The number of para-hydroxylation sites is 1. The van der Waals surface area contributed by atoms with Crippen LogP contribution in [0.5, 0.6) is 0 Å². The second-order valence-corrected chi connectivity index (χ2v) is 9.71. The van der Waals surface area contributed by atoms with Gasteiger partial charge in [-0.3, -0.25) is 14.2 Å². The SMILES string of the molecule is O=C(NC[C@H]1CCCO1)c1ccc(Cn2c(SCc3cccc(F)c3)nc3ccccc3c2=O)cc1. The fourth-order valence-electron chi connectivity index (χ4n) is 4.23. The van der Waals surface area contributed by atoms with Crippen molar-refractivity contribution in [2.75, 3.05) is 13.2 Å². The van der Waals surface area contributed by atoms with Gasteiger partial charge in [-0.15, -0.1) is 0 Å². The minimum absolute atomic E-state index is 0.0869. The Labute approximate surface area is 212 Å². The van der Waals surface area contributed by atoms with E-state index in [1.165, 1.54) is 23.9 Å². The maximum absolute atomic E-state index is 13.6. The van der Waals surface area contributed by atoms with Crippen molar-refractivity contribution in [3.05, 3.63) is 106 Å². The van der Waals surface area contributed by atoms with Crippen LogP contribution in [0.2, 0.25) is 0 Å². The van der Waals surface area contributed by atoms with Crippen molar-refractivity contribution in [1.82, 2.24) is 14.9 Å². The maximum Gasteiger partial charge on any atom is 0.262 e. The molecular weight excluding hydrogens is 477 g/mol. The average molecular weight is 504 g/mol. The number of fused-ring (bicyclic) bond motifs is 1. The molecule has 6 nitrogen and oxygen atoms in total. The number of hydrogen-bond donors (Lipinski definition) is 1. The third kappa shape index (κ3) is 5.66. The summed E-state index contributed by atoms with van der Waals surface area (Å²) >= 11 is 1.39. The molecule has 1 amide bonds. The largest absolute Gasteiger partial charge is 0.376 e. The van der Waals surface area contributed by atoms with Gasteiger partial charge in [0, 0.05) is 24.5 Å². The van der Waals surface area contributed by atoms with E-state index in [0.29, 0.717) is 40.5 Å². The maximum atomic E-state index is 13.6. The first-order valence-corrected chi connectivity index (χ1v) is 12.9. The van der Waals surface area contributed by atoms with Crippen molar-refractivity contribution in [2.24, 2.45) is 0 Å². The number of carbonyl (C=O) groups excluding carboxylic acids is 1. The smallest absolute Gasteiger partial charge is 0.262 e. The molecule has 1 fully saturated rings.